The number of rotatable bonds is 8. The number of likely N-dealkylation sites (N-methyl/N-ethyl adjacent to an activating group) is 1. The maximum Gasteiger partial charge on any atom is 0.129 e. The van der Waals surface area contributed by atoms with Crippen LogP contribution in [0.2, 0.25) is 0 Å². The lowest BCUT2D eigenvalue weighted by Crippen LogP contribution is -2.46. The van der Waals surface area contributed by atoms with Crippen molar-refractivity contribution in [3.8, 4) is 0 Å². The van der Waals surface area contributed by atoms with E-state index in [0.29, 0.717) is 0 Å². The van der Waals surface area contributed by atoms with Gasteiger partial charge < -0.3 is 15.5 Å². The van der Waals surface area contributed by atoms with Gasteiger partial charge in [0, 0.05) is 38.0 Å². The fraction of sp³-hybridized carbons (Fsp3) is 0.545. The molecule has 146 valence electrons. The number of hydrogen-bond acceptors (Lipinski definition) is 5. The van der Waals surface area contributed by atoms with Crippen molar-refractivity contribution in [3.05, 3.63) is 35.4 Å². The fourth-order valence-corrected chi connectivity index (χ4v) is 4.08. The molecule has 1 aliphatic rings. The molecule has 3 rings (SSSR count). The van der Waals surface area contributed by atoms with Crippen LogP contribution in [0.4, 0.5) is 5.82 Å². The van der Waals surface area contributed by atoms with Crippen molar-refractivity contribution in [2.45, 2.75) is 39.5 Å². The monoisotopic (exact) mass is 384 g/mol. The lowest BCUT2D eigenvalue weighted by Gasteiger charge is -2.35. The molecule has 0 unspecified atom stereocenters. The van der Waals surface area contributed by atoms with E-state index in [9.17, 15) is 0 Å². The van der Waals surface area contributed by atoms with Gasteiger partial charge in [0.1, 0.15) is 5.82 Å². The van der Waals surface area contributed by atoms with Crippen LogP contribution in [0.25, 0.3) is 10.9 Å². The van der Waals surface area contributed by atoms with Gasteiger partial charge in [-0.15, -0.1) is 0 Å². The highest BCUT2D eigenvalue weighted by Crippen LogP contribution is 2.25. The van der Waals surface area contributed by atoms with E-state index in [1.807, 2.05) is 0 Å². The number of aryl methyl sites for hydroxylation is 1. The van der Waals surface area contributed by atoms with Crippen LogP contribution in [0.5, 0.6) is 0 Å². The topological polar surface area (TPSA) is 45.4 Å². The van der Waals surface area contributed by atoms with E-state index < -0.39 is 0 Å². The molecular weight excluding hydrogens is 352 g/mol. The van der Waals surface area contributed by atoms with Gasteiger partial charge >= 0.3 is 0 Å². The van der Waals surface area contributed by atoms with E-state index in [4.69, 9.17) is 22.9 Å². The summed E-state index contributed by atoms with van der Waals surface area (Å²) >= 11 is 5.56. The molecule has 1 aromatic heterocycles. The highest BCUT2D eigenvalue weighted by atomic mass is 32.1. The van der Waals surface area contributed by atoms with Crippen molar-refractivity contribution in [3.63, 3.8) is 0 Å². The quantitative estimate of drug-likeness (QED) is 0.555. The van der Waals surface area contributed by atoms with Gasteiger partial charge in [0.05, 0.1) is 5.52 Å². The SMILES string of the molecule is CCN1CCN(c2cc(C)c3cc(CC(=S)CCCCN)ccc3n2)CC1. The standard InChI is InChI=1S/C22H32N4S/c1-3-25-10-12-26(13-11-25)22-14-17(2)20-16-18(7-8-21(20)24-22)15-19(27)6-4-5-9-23/h7-8,14,16H,3-6,9-13,15,23H2,1-2H3. The van der Waals surface area contributed by atoms with Crippen molar-refractivity contribution in [1.82, 2.24) is 9.88 Å². The Morgan fingerprint density at radius 1 is 1.15 bits per heavy atom. The zero-order chi connectivity index (χ0) is 19.2. The minimum atomic E-state index is 0.749. The average Bonchev–Trinajstić information content (AvgIpc) is 2.68. The number of piperazine rings is 1. The lowest BCUT2D eigenvalue weighted by molar-refractivity contribution is 0.270. The maximum atomic E-state index is 5.57. The summed E-state index contributed by atoms with van der Waals surface area (Å²) in [4.78, 5) is 11.0. The van der Waals surface area contributed by atoms with Gasteiger partial charge in [-0.2, -0.15) is 0 Å². The van der Waals surface area contributed by atoms with Crippen LogP contribution in [-0.2, 0) is 6.42 Å². The Morgan fingerprint density at radius 2 is 1.93 bits per heavy atom. The highest BCUT2D eigenvalue weighted by Gasteiger charge is 2.17. The number of aromatic nitrogens is 1. The van der Waals surface area contributed by atoms with Crippen LogP contribution in [-0.4, -0.2) is 54.0 Å². The Labute approximate surface area is 168 Å². The number of anilines is 1. The highest BCUT2D eigenvalue weighted by molar-refractivity contribution is 7.80. The molecule has 0 amide bonds. The summed E-state index contributed by atoms with van der Waals surface area (Å²) in [6.45, 7) is 10.7. The zero-order valence-electron chi connectivity index (χ0n) is 16.7. The second-order valence-electron chi connectivity index (χ2n) is 7.53. The molecule has 1 saturated heterocycles. The molecule has 0 radical (unpaired) electrons. The van der Waals surface area contributed by atoms with E-state index in [1.165, 1.54) is 16.5 Å². The average molecular weight is 385 g/mol. The molecule has 2 N–H and O–H groups in total. The molecule has 4 nitrogen and oxygen atoms in total. The van der Waals surface area contributed by atoms with Crippen LogP contribution in [0.1, 0.15) is 37.3 Å². The first-order valence-electron chi connectivity index (χ1n) is 10.2. The number of benzene rings is 1. The van der Waals surface area contributed by atoms with E-state index >= 15 is 0 Å². The van der Waals surface area contributed by atoms with Gasteiger partial charge in [0.25, 0.3) is 0 Å². The molecule has 0 bridgehead atoms. The second-order valence-corrected chi connectivity index (χ2v) is 8.11. The molecular formula is C22H32N4S. The lowest BCUT2D eigenvalue weighted by atomic mass is 10.0. The smallest absolute Gasteiger partial charge is 0.129 e. The Bertz CT molecular complexity index is 781. The molecule has 1 aliphatic heterocycles. The van der Waals surface area contributed by atoms with Gasteiger partial charge in [0.2, 0.25) is 0 Å². The third-order valence-electron chi connectivity index (χ3n) is 5.52. The molecule has 1 aromatic carbocycles. The summed E-state index contributed by atoms with van der Waals surface area (Å²) in [6.07, 6.45) is 4.01. The van der Waals surface area contributed by atoms with Crippen molar-refractivity contribution in [2.75, 3.05) is 44.2 Å². The number of nitrogens with zero attached hydrogens (tertiary/aromatic N) is 3. The predicted molar refractivity (Wildman–Crippen MR) is 120 cm³/mol. The van der Waals surface area contributed by atoms with Gasteiger partial charge in [-0.05, 0) is 73.5 Å². The number of hydrogen-bond donors (Lipinski definition) is 1. The second kappa shape index (κ2) is 9.58. The summed E-state index contributed by atoms with van der Waals surface area (Å²) in [6, 6.07) is 8.85. The summed E-state index contributed by atoms with van der Waals surface area (Å²) in [5.41, 5.74) is 9.24. The first-order valence-corrected chi connectivity index (χ1v) is 10.6. The predicted octanol–water partition coefficient (Wildman–Crippen LogP) is 3.73. The normalized spacial score (nSPS) is 15.4. The third kappa shape index (κ3) is 5.24. The van der Waals surface area contributed by atoms with Crippen LogP contribution in [0, 0.1) is 6.92 Å². The Morgan fingerprint density at radius 3 is 2.63 bits per heavy atom. The van der Waals surface area contributed by atoms with Crippen molar-refractivity contribution < 1.29 is 0 Å². The number of fused-ring (bicyclic) bond motifs is 1. The summed E-state index contributed by atoms with van der Waals surface area (Å²) in [5, 5.41) is 1.24. The van der Waals surface area contributed by atoms with Gasteiger partial charge in [-0.1, -0.05) is 25.2 Å². The summed E-state index contributed by atoms with van der Waals surface area (Å²) < 4.78 is 0. The first kappa shape index (κ1) is 20.2. The van der Waals surface area contributed by atoms with Crippen molar-refractivity contribution in [2.24, 2.45) is 5.73 Å². The van der Waals surface area contributed by atoms with E-state index in [1.54, 1.807) is 0 Å². The van der Waals surface area contributed by atoms with E-state index in [2.05, 4.69) is 47.9 Å². The Kier molecular flexibility index (Phi) is 7.16. The molecule has 0 saturated carbocycles. The van der Waals surface area contributed by atoms with E-state index in [-0.39, 0.29) is 0 Å². The van der Waals surface area contributed by atoms with Crippen molar-refractivity contribution in [1.29, 1.82) is 0 Å². The Balaban J connectivity index is 1.72. The minimum Gasteiger partial charge on any atom is -0.354 e. The van der Waals surface area contributed by atoms with Gasteiger partial charge in [-0.3, -0.25) is 0 Å². The van der Waals surface area contributed by atoms with Crippen LogP contribution in [0.15, 0.2) is 24.3 Å². The molecule has 0 spiro atoms. The molecule has 0 atom stereocenters. The number of thiocarbonyl (C=S) groups is 1. The fourth-order valence-electron chi connectivity index (χ4n) is 3.77. The third-order valence-corrected chi connectivity index (χ3v) is 5.87. The number of nitrogens with two attached hydrogens (primary N) is 1. The minimum absolute atomic E-state index is 0.749. The van der Waals surface area contributed by atoms with Gasteiger partial charge in [-0.25, -0.2) is 4.98 Å². The van der Waals surface area contributed by atoms with Gasteiger partial charge in [0.15, 0.2) is 0 Å². The molecule has 1 fully saturated rings. The summed E-state index contributed by atoms with van der Waals surface area (Å²) in [5.74, 6) is 1.11. The van der Waals surface area contributed by atoms with Crippen LogP contribution in [0.3, 0.4) is 0 Å². The molecule has 2 aromatic rings. The van der Waals surface area contributed by atoms with Crippen molar-refractivity contribution >= 4 is 33.8 Å². The Hall–Kier alpha value is -1.56. The molecule has 5 heteroatoms. The molecule has 0 aliphatic carbocycles. The largest absolute Gasteiger partial charge is 0.354 e. The molecule has 2 heterocycles. The van der Waals surface area contributed by atoms with Crippen LogP contribution >= 0.6 is 12.2 Å². The summed E-state index contributed by atoms with van der Waals surface area (Å²) in [7, 11) is 0. The first-order chi connectivity index (χ1) is 13.1. The number of unbranched alkanes of at least 4 members (excludes halogenated alkanes) is 1. The van der Waals surface area contributed by atoms with E-state index in [0.717, 1.165) is 81.2 Å². The maximum absolute atomic E-state index is 5.57. The zero-order valence-corrected chi connectivity index (χ0v) is 17.5. The number of pyridine rings is 1. The van der Waals surface area contributed by atoms with Crippen LogP contribution < -0.4 is 10.6 Å². The molecule has 27 heavy (non-hydrogen) atoms.